The van der Waals surface area contributed by atoms with Gasteiger partial charge in [0.1, 0.15) is 5.82 Å². The highest BCUT2D eigenvalue weighted by atomic mass is 35.5. The molecule has 1 aliphatic rings. The number of hydrogen-bond acceptors (Lipinski definition) is 3. The summed E-state index contributed by atoms with van der Waals surface area (Å²) in [7, 11) is 0. The minimum absolute atomic E-state index is 0.143. The van der Waals surface area contributed by atoms with E-state index in [0.717, 1.165) is 42.9 Å². The van der Waals surface area contributed by atoms with Gasteiger partial charge >= 0.3 is 0 Å². The molecule has 0 atom stereocenters. The fraction of sp³-hybridized carbons (Fsp3) is 0.375. The van der Waals surface area contributed by atoms with Gasteiger partial charge in [-0.1, -0.05) is 17.7 Å². The summed E-state index contributed by atoms with van der Waals surface area (Å²) in [4.78, 5) is 20.2. The molecule has 0 radical (unpaired) electrons. The van der Waals surface area contributed by atoms with Crippen LogP contribution < -0.4 is 4.90 Å². The molecular weight excluding hydrogens is 286 g/mol. The third kappa shape index (κ3) is 2.81. The highest BCUT2D eigenvalue weighted by Gasteiger charge is 2.20. The molecule has 0 aliphatic carbocycles. The van der Waals surface area contributed by atoms with Gasteiger partial charge in [0, 0.05) is 43.5 Å². The summed E-state index contributed by atoms with van der Waals surface area (Å²) in [5, 5.41) is 1.83. The first-order chi connectivity index (χ1) is 10.0. The molecule has 1 amide bonds. The highest BCUT2D eigenvalue weighted by Crippen LogP contribution is 2.25. The van der Waals surface area contributed by atoms with Crippen LogP contribution in [0.15, 0.2) is 24.3 Å². The number of fused-ring (bicyclic) bond motifs is 1. The van der Waals surface area contributed by atoms with Crippen molar-refractivity contribution >= 4 is 34.2 Å². The molecule has 1 aromatic carbocycles. The van der Waals surface area contributed by atoms with Crippen molar-refractivity contribution in [3.63, 3.8) is 0 Å². The summed E-state index contributed by atoms with van der Waals surface area (Å²) in [6, 6.07) is 7.92. The van der Waals surface area contributed by atoms with Gasteiger partial charge in [0.05, 0.1) is 5.52 Å². The van der Waals surface area contributed by atoms with E-state index in [4.69, 9.17) is 16.6 Å². The van der Waals surface area contributed by atoms with E-state index in [1.165, 1.54) is 5.56 Å². The Labute approximate surface area is 129 Å². The van der Waals surface area contributed by atoms with Crippen molar-refractivity contribution in [1.29, 1.82) is 0 Å². The SMILES string of the molecule is CC(=O)N1CCN(c2cc(C)c3ccc(Cl)cc3n2)CC1. The minimum atomic E-state index is 0.143. The van der Waals surface area contributed by atoms with Crippen molar-refractivity contribution in [2.45, 2.75) is 13.8 Å². The number of benzene rings is 1. The number of piperazine rings is 1. The van der Waals surface area contributed by atoms with Gasteiger partial charge in [-0.25, -0.2) is 4.98 Å². The Morgan fingerprint density at radius 1 is 1.19 bits per heavy atom. The molecule has 1 aromatic heterocycles. The van der Waals surface area contributed by atoms with E-state index in [9.17, 15) is 4.79 Å². The predicted octanol–water partition coefficient (Wildman–Crippen LogP) is 2.87. The van der Waals surface area contributed by atoms with Crippen LogP contribution in [0.1, 0.15) is 12.5 Å². The van der Waals surface area contributed by atoms with Crippen molar-refractivity contribution in [2.75, 3.05) is 31.1 Å². The molecule has 1 fully saturated rings. The van der Waals surface area contributed by atoms with Crippen LogP contribution in [0.4, 0.5) is 5.82 Å². The number of nitrogens with zero attached hydrogens (tertiary/aromatic N) is 3. The zero-order chi connectivity index (χ0) is 15.0. The molecular formula is C16H18ClN3O. The van der Waals surface area contributed by atoms with Gasteiger partial charge in [0.2, 0.25) is 5.91 Å². The van der Waals surface area contributed by atoms with E-state index >= 15 is 0 Å². The van der Waals surface area contributed by atoms with Crippen LogP contribution in [0.5, 0.6) is 0 Å². The number of anilines is 1. The average Bonchev–Trinajstić information content (AvgIpc) is 2.46. The number of rotatable bonds is 1. The lowest BCUT2D eigenvalue weighted by molar-refractivity contribution is -0.129. The lowest BCUT2D eigenvalue weighted by atomic mass is 10.1. The number of carbonyl (C=O) groups excluding carboxylic acids is 1. The first-order valence-corrected chi connectivity index (χ1v) is 7.50. The van der Waals surface area contributed by atoms with Gasteiger partial charge in [-0.05, 0) is 30.7 Å². The number of carbonyl (C=O) groups is 1. The number of amides is 1. The Morgan fingerprint density at radius 2 is 1.90 bits per heavy atom. The number of aryl methyl sites for hydroxylation is 1. The third-order valence-corrected chi connectivity index (χ3v) is 4.25. The van der Waals surface area contributed by atoms with Gasteiger partial charge in [0.15, 0.2) is 0 Å². The zero-order valence-electron chi connectivity index (χ0n) is 12.3. The fourth-order valence-corrected chi connectivity index (χ4v) is 2.94. The Morgan fingerprint density at radius 3 is 2.57 bits per heavy atom. The molecule has 4 nitrogen and oxygen atoms in total. The topological polar surface area (TPSA) is 36.4 Å². The van der Waals surface area contributed by atoms with Crippen LogP contribution >= 0.6 is 11.6 Å². The van der Waals surface area contributed by atoms with Crippen molar-refractivity contribution in [3.8, 4) is 0 Å². The maximum atomic E-state index is 11.4. The van der Waals surface area contributed by atoms with Gasteiger partial charge in [0.25, 0.3) is 0 Å². The number of halogens is 1. The molecule has 0 saturated carbocycles. The molecule has 2 aromatic rings. The molecule has 0 unspecified atom stereocenters. The Kier molecular flexibility index (Phi) is 3.72. The summed E-state index contributed by atoms with van der Waals surface area (Å²) in [5.41, 5.74) is 2.12. The molecule has 21 heavy (non-hydrogen) atoms. The predicted molar refractivity (Wildman–Crippen MR) is 86.0 cm³/mol. The number of pyridine rings is 1. The summed E-state index contributed by atoms with van der Waals surface area (Å²) in [6.07, 6.45) is 0. The quantitative estimate of drug-likeness (QED) is 0.813. The van der Waals surface area contributed by atoms with E-state index in [-0.39, 0.29) is 5.91 Å². The largest absolute Gasteiger partial charge is 0.353 e. The summed E-state index contributed by atoms with van der Waals surface area (Å²) >= 11 is 6.07. The zero-order valence-corrected chi connectivity index (χ0v) is 13.0. The van der Waals surface area contributed by atoms with E-state index in [0.29, 0.717) is 5.02 Å². The molecule has 0 bridgehead atoms. The van der Waals surface area contributed by atoms with E-state index in [2.05, 4.69) is 17.9 Å². The maximum Gasteiger partial charge on any atom is 0.219 e. The minimum Gasteiger partial charge on any atom is -0.353 e. The van der Waals surface area contributed by atoms with Crippen molar-refractivity contribution in [3.05, 3.63) is 34.9 Å². The first kappa shape index (κ1) is 14.1. The summed E-state index contributed by atoms with van der Waals surface area (Å²) in [5.74, 6) is 1.11. The molecule has 1 saturated heterocycles. The summed E-state index contributed by atoms with van der Waals surface area (Å²) in [6.45, 7) is 6.85. The van der Waals surface area contributed by atoms with Crippen molar-refractivity contribution in [1.82, 2.24) is 9.88 Å². The third-order valence-electron chi connectivity index (χ3n) is 4.01. The monoisotopic (exact) mass is 303 g/mol. The van der Waals surface area contributed by atoms with Crippen LogP contribution in [0.3, 0.4) is 0 Å². The first-order valence-electron chi connectivity index (χ1n) is 7.12. The Bertz CT molecular complexity index is 693. The summed E-state index contributed by atoms with van der Waals surface area (Å²) < 4.78 is 0. The molecule has 0 spiro atoms. The maximum absolute atomic E-state index is 11.4. The normalized spacial score (nSPS) is 15.6. The van der Waals surface area contributed by atoms with Crippen LogP contribution in [0.25, 0.3) is 10.9 Å². The van der Waals surface area contributed by atoms with Gasteiger partial charge in [-0.2, -0.15) is 0 Å². The highest BCUT2D eigenvalue weighted by molar-refractivity contribution is 6.31. The molecule has 110 valence electrons. The molecule has 5 heteroatoms. The Hall–Kier alpha value is -1.81. The Balaban J connectivity index is 1.89. The van der Waals surface area contributed by atoms with Crippen LogP contribution in [0, 0.1) is 6.92 Å². The van der Waals surface area contributed by atoms with Crippen LogP contribution in [0.2, 0.25) is 5.02 Å². The second kappa shape index (κ2) is 5.53. The van der Waals surface area contributed by atoms with Crippen LogP contribution in [-0.4, -0.2) is 42.0 Å². The smallest absolute Gasteiger partial charge is 0.219 e. The van der Waals surface area contributed by atoms with Crippen molar-refractivity contribution < 1.29 is 4.79 Å². The second-order valence-corrected chi connectivity index (χ2v) is 5.89. The van der Waals surface area contributed by atoms with Gasteiger partial charge in [-0.3, -0.25) is 4.79 Å². The van der Waals surface area contributed by atoms with Crippen LogP contribution in [-0.2, 0) is 4.79 Å². The van der Waals surface area contributed by atoms with E-state index < -0.39 is 0 Å². The van der Waals surface area contributed by atoms with Gasteiger partial charge in [-0.15, -0.1) is 0 Å². The second-order valence-electron chi connectivity index (χ2n) is 5.45. The van der Waals surface area contributed by atoms with E-state index in [1.807, 2.05) is 23.1 Å². The number of aromatic nitrogens is 1. The van der Waals surface area contributed by atoms with Gasteiger partial charge < -0.3 is 9.80 Å². The molecule has 1 aliphatic heterocycles. The van der Waals surface area contributed by atoms with E-state index in [1.54, 1.807) is 6.92 Å². The fourth-order valence-electron chi connectivity index (χ4n) is 2.77. The lowest BCUT2D eigenvalue weighted by Gasteiger charge is -2.35. The average molecular weight is 304 g/mol. The molecule has 3 rings (SSSR count). The standard InChI is InChI=1S/C16H18ClN3O/c1-11-9-16(18-15-10-13(17)3-4-14(11)15)20-7-5-19(6-8-20)12(2)21/h3-4,9-10H,5-8H2,1-2H3. The number of hydrogen-bond donors (Lipinski definition) is 0. The molecule has 2 heterocycles. The van der Waals surface area contributed by atoms with Crippen molar-refractivity contribution in [2.24, 2.45) is 0 Å². The lowest BCUT2D eigenvalue weighted by Crippen LogP contribution is -2.48. The molecule has 0 N–H and O–H groups in total.